The highest BCUT2D eigenvalue weighted by Crippen LogP contribution is 2.40. The van der Waals surface area contributed by atoms with Crippen molar-refractivity contribution in [2.24, 2.45) is 5.73 Å². The van der Waals surface area contributed by atoms with Crippen LogP contribution in [0, 0.1) is 17.5 Å². The second-order valence-corrected chi connectivity index (χ2v) is 8.54. The van der Waals surface area contributed by atoms with Crippen molar-refractivity contribution < 1.29 is 31.1 Å². The fraction of sp³-hybridized carbons (Fsp3) is 0.304. The molecule has 0 radical (unpaired) electrons. The first-order chi connectivity index (χ1) is 16.3. The standard InChI is InChI=1S/C23H21F6N5O/c1-22(2)21-32-19(12-3-5-16(25)17(26)9-12)20(33(21)7-8-34(22)18(35)11-30)31-13-4-6-15(24)14(10-13)23(27,28)29/h3-6,9-10,31H,7-8,11,30H2,1-2H3. The molecule has 1 aromatic heterocycles. The summed E-state index contributed by atoms with van der Waals surface area (Å²) in [5.74, 6) is -3.46. The van der Waals surface area contributed by atoms with Gasteiger partial charge in [-0.25, -0.2) is 18.2 Å². The van der Waals surface area contributed by atoms with Gasteiger partial charge >= 0.3 is 6.18 Å². The lowest BCUT2D eigenvalue weighted by molar-refractivity contribution is -0.140. The second-order valence-electron chi connectivity index (χ2n) is 8.54. The van der Waals surface area contributed by atoms with Crippen LogP contribution in [0.25, 0.3) is 11.3 Å². The topological polar surface area (TPSA) is 76.2 Å². The van der Waals surface area contributed by atoms with Gasteiger partial charge in [0, 0.05) is 24.3 Å². The number of carbonyl (C=O) groups is 1. The van der Waals surface area contributed by atoms with Gasteiger partial charge in [0.15, 0.2) is 11.6 Å². The molecule has 0 spiro atoms. The number of halogens is 6. The van der Waals surface area contributed by atoms with Gasteiger partial charge in [-0.2, -0.15) is 13.2 Å². The van der Waals surface area contributed by atoms with Gasteiger partial charge in [-0.05, 0) is 50.2 Å². The zero-order chi connectivity index (χ0) is 25.7. The van der Waals surface area contributed by atoms with Crippen molar-refractivity contribution in [1.29, 1.82) is 0 Å². The number of carbonyl (C=O) groups excluding carboxylic acids is 1. The third-order valence-corrected chi connectivity index (χ3v) is 5.94. The number of amides is 1. The van der Waals surface area contributed by atoms with Gasteiger partial charge < -0.3 is 20.5 Å². The lowest BCUT2D eigenvalue weighted by atomic mass is 9.99. The number of benzene rings is 2. The zero-order valence-corrected chi connectivity index (χ0v) is 18.7. The van der Waals surface area contributed by atoms with E-state index in [4.69, 9.17) is 5.73 Å². The van der Waals surface area contributed by atoms with Crippen LogP contribution >= 0.6 is 0 Å². The van der Waals surface area contributed by atoms with E-state index in [9.17, 15) is 31.1 Å². The molecule has 186 valence electrons. The fourth-order valence-corrected chi connectivity index (χ4v) is 4.21. The number of nitrogens with one attached hydrogen (secondary N) is 1. The largest absolute Gasteiger partial charge is 0.419 e. The summed E-state index contributed by atoms with van der Waals surface area (Å²) in [5.41, 5.74) is 3.26. The average molecular weight is 497 g/mol. The van der Waals surface area contributed by atoms with E-state index in [1.807, 2.05) is 0 Å². The number of rotatable bonds is 4. The maximum absolute atomic E-state index is 14.0. The van der Waals surface area contributed by atoms with Gasteiger partial charge in [-0.15, -0.1) is 0 Å². The SMILES string of the molecule is CC1(C)c2nc(-c3ccc(F)c(F)c3)c(Nc3ccc(F)c(C(F)(F)F)c3)n2CCN1C(=O)CN. The minimum Gasteiger partial charge on any atom is -0.340 e. The van der Waals surface area contributed by atoms with Crippen LogP contribution in [0.1, 0.15) is 25.2 Å². The number of imidazole rings is 1. The Balaban J connectivity index is 1.89. The third kappa shape index (κ3) is 4.33. The highest BCUT2D eigenvalue weighted by Gasteiger charge is 2.41. The molecule has 2 aromatic carbocycles. The van der Waals surface area contributed by atoms with Crippen LogP contribution in [-0.4, -0.2) is 33.4 Å². The van der Waals surface area contributed by atoms with E-state index in [-0.39, 0.29) is 48.3 Å². The summed E-state index contributed by atoms with van der Waals surface area (Å²) in [7, 11) is 0. The molecule has 0 bridgehead atoms. The second kappa shape index (κ2) is 8.59. The van der Waals surface area contributed by atoms with E-state index in [0.717, 1.165) is 18.2 Å². The minimum absolute atomic E-state index is 0.0940. The van der Waals surface area contributed by atoms with Crippen LogP contribution in [0.3, 0.4) is 0 Å². The molecule has 1 aliphatic rings. The highest BCUT2D eigenvalue weighted by atomic mass is 19.4. The van der Waals surface area contributed by atoms with Crippen molar-refractivity contribution in [3.8, 4) is 11.3 Å². The molecule has 12 heteroatoms. The molecule has 3 N–H and O–H groups in total. The predicted molar refractivity (Wildman–Crippen MR) is 116 cm³/mol. The molecular weight excluding hydrogens is 476 g/mol. The monoisotopic (exact) mass is 497 g/mol. The maximum Gasteiger partial charge on any atom is 0.419 e. The van der Waals surface area contributed by atoms with Crippen molar-refractivity contribution in [3.63, 3.8) is 0 Å². The van der Waals surface area contributed by atoms with Crippen LogP contribution in [0.2, 0.25) is 0 Å². The molecule has 0 saturated carbocycles. The normalized spacial score (nSPS) is 15.2. The van der Waals surface area contributed by atoms with Crippen molar-refractivity contribution in [2.45, 2.75) is 32.1 Å². The Labute approximate surface area is 196 Å². The van der Waals surface area contributed by atoms with Gasteiger partial charge in [0.1, 0.15) is 23.2 Å². The van der Waals surface area contributed by atoms with Gasteiger partial charge in [0.25, 0.3) is 0 Å². The number of nitrogens with zero attached hydrogens (tertiary/aromatic N) is 3. The molecule has 1 amide bonds. The Morgan fingerprint density at radius 2 is 1.74 bits per heavy atom. The minimum atomic E-state index is -4.92. The number of nitrogens with two attached hydrogens (primary N) is 1. The highest BCUT2D eigenvalue weighted by molar-refractivity contribution is 5.80. The van der Waals surface area contributed by atoms with Crippen LogP contribution in [-0.2, 0) is 23.1 Å². The summed E-state index contributed by atoms with van der Waals surface area (Å²) in [5, 5.41) is 2.84. The number of hydrogen-bond donors (Lipinski definition) is 2. The van der Waals surface area contributed by atoms with E-state index >= 15 is 0 Å². The summed E-state index contributed by atoms with van der Waals surface area (Å²) >= 11 is 0. The number of aromatic nitrogens is 2. The Kier molecular flexibility index (Phi) is 6.04. The Bertz CT molecular complexity index is 1300. The van der Waals surface area contributed by atoms with Crippen molar-refractivity contribution in [3.05, 3.63) is 65.2 Å². The Hall–Kier alpha value is -3.54. The van der Waals surface area contributed by atoms with Crippen LogP contribution in [0.15, 0.2) is 36.4 Å². The summed E-state index contributed by atoms with van der Waals surface area (Å²) < 4.78 is 82.8. The average Bonchev–Trinajstić information content (AvgIpc) is 3.15. The van der Waals surface area contributed by atoms with Crippen molar-refractivity contribution >= 4 is 17.4 Å². The Morgan fingerprint density at radius 1 is 1.06 bits per heavy atom. The first kappa shape index (κ1) is 24.6. The van der Waals surface area contributed by atoms with E-state index in [2.05, 4.69) is 10.3 Å². The van der Waals surface area contributed by atoms with E-state index < -0.39 is 34.7 Å². The van der Waals surface area contributed by atoms with E-state index in [1.54, 1.807) is 18.4 Å². The van der Waals surface area contributed by atoms with Crippen molar-refractivity contribution in [1.82, 2.24) is 14.5 Å². The van der Waals surface area contributed by atoms with Crippen LogP contribution < -0.4 is 11.1 Å². The van der Waals surface area contributed by atoms with E-state index in [0.29, 0.717) is 18.0 Å². The number of hydrogen-bond acceptors (Lipinski definition) is 4. The number of fused-ring (bicyclic) bond motifs is 1. The summed E-state index contributed by atoms with van der Waals surface area (Å²) in [6.45, 7) is 3.61. The zero-order valence-electron chi connectivity index (χ0n) is 18.7. The molecular formula is C23H21F6N5O. The molecule has 0 saturated heterocycles. The van der Waals surface area contributed by atoms with Crippen molar-refractivity contribution in [2.75, 3.05) is 18.4 Å². The molecule has 35 heavy (non-hydrogen) atoms. The molecule has 0 aliphatic carbocycles. The fourth-order valence-electron chi connectivity index (χ4n) is 4.21. The molecule has 0 unspecified atom stereocenters. The quantitative estimate of drug-likeness (QED) is 0.510. The van der Waals surface area contributed by atoms with E-state index in [1.165, 1.54) is 11.0 Å². The maximum atomic E-state index is 14.0. The lowest BCUT2D eigenvalue weighted by Crippen LogP contribution is -2.53. The van der Waals surface area contributed by atoms with Crippen LogP contribution in [0.4, 0.5) is 37.8 Å². The molecule has 1 aliphatic heterocycles. The van der Waals surface area contributed by atoms with Gasteiger partial charge in [-0.3, -0.25) is 4.79 Å². The van der Waals surface area contributed by atoms with Gasteiger partial charge in [-0.1, -0.05) is 0 Å². The van der Waals surface area contributed by atoms with Crippen LogP contribution in [0.5, 0.6) is 0 Å². The molecule has 0 atom stereocenters. The summed E-state index contributed by atoms with van der Waals surface area (Å²) in [4.78, 5) is 18.5. The number of alkyl halides is 3. The first-order valence-corrected chi connectivity index (χ1v) is 10.5. The smallest absolute Gasteiger partial charge is 0.340 e. The van der Waals surface area contributed by atoms with Gasteiger partial charge in [0.05, 0.1) is 17.6 Å². The molecule has 3 aromatic rings. The summed E-state index contributed by atoms with van der Waals surface area (Å²) in [6.07, 6.45) is -4.92. The predicted octanol–water partition coefficient (Wildman–Crippen LogP) is 4.77. The molecule has 6 nitrogen and oxygen atoms in total. The Morgan fingerprint density at radius 3 is 2.37 bits per heavy atom. The molecule has 2 heterocycles. The van der Waals surface area contributed by atoms with Gasteiger partial charge in [0.2, 0.25) is 5.91 Å². The first-order valence-electron chi connectivity index (χ1n) is 10.5. The number of anilines is 2. The molecule has 0 fully saturated rings. The summed E-state index contributed by atoms with van der Waals surface area (Å²) in [6, 6.07) is 5.51. The lowest BCUT2D eigenvalue weighted by Gasteiger charge is -2.42. The molecule has 4 rings (SSSR count). The third-order valence-electron chi connectivity index (χ3n) is 5.94.